The second-order valence-corrected chi connectivity index (χ2v) is 5.80. The van der Waals surface area contributed by atoms with Gasteiger partial charge in [0.1, 0.15) is 0 Å². The summed E-state index contributed by atoms with van der Waals surface area (Å²) in [5.74, 6) is 0.0828. The lowest BCUT2D eigenvalue weighted by Crippen LogP contribution is -2.23. The first-order chi connectivity index (χ1) is 5.52. The Kier molecular flexibility index (Phi) is 2.47. The number of sulfone groups is 1. The quantitative estimate of drug-likeness (QED) is 0.612. The fraction of sp³-hybridized carbons (Fsp3) is 1.00. The van der Waals surface area contributed by atoms with E-state index < -0.39 is 20.5 Å². The molecule has 72 valence electrons. The fourth-order valence-corrected chi connectivity index (χ4v) is 3.30. The maximum absolute atomic E-state index is 11.3. The molecule has 0 amide bonds. The van der Waals surface area contributed by atoms with Gasteiger partial charge in [0.15, 0.2) is 9.84 Å². The summed E-state index contributed by atoms with van der Waals surface area (Å²) < 4.78 is 22.5. The Morgan fingerprint density at radius 3 is 2.17 bits per heavy atom. The second kappa shape index (κ2) is 2.97. The van der Waals surface area contributed by atoms with E-state index in [1.807, 2.05) is 0 Å². The summed E-state index contributed by atoms with van der Waals surface area (Å²) in [7, 11) is -3.08. The normalized spacial score (nSPS) is 27.1. The summed E-state index contributed by atoms with van der Waals surface area (Å²) in [6, 6.07) is 0. The molecule has 0 spiro atoms. The third kappa shape index (κ3) is 1.36. The first kappa shape index (κ1) is 9.95. The molecule has 1 fully saturated rings. The summed E-state index contributed by atoms with van der Waals surface area (Å²) >= 11 is 0. The Balaban J connectivity index is 2.74. The lowest BCUT2D eigenvalue weighted by atomic mass is 10.1. The van der Waals surface area contributed by atoms with E-state index >= 15 is 0 Å². The number of aliphatic hydroxyl groups excluding tert-OH is 2. The highest BCUT2D eigenvalue weighted by molar-refractivity contribution is 7.92. The van der Waals surface area contributed by atoms with Gasteiger partial charge in [-0.05, 0) is 6.42 Å². The Bertz CT molecular complexity index is 253. The first-order valence-corrected chi connectivity index (χ1v) is 5.67. The van der Waals surface area contributed by atoms with Gasteiger partial charge in [-0.3, -0.25) is 0 Å². The number of hydrogen-bond acceptors (Lipinski definition) is 4. The Hall–Kier alpha value is -0.130. The standard InChI is InChI=1S/C7H14O4S/c1-2-12(10,11)6-3-7(6,4-8)5-9/h6,8-9H,2-5H2,1H3/t6-/m1/s1. The second-order valence-electron chi connectivity index (χ2n) is 3.32. The van der Waals surface area contributed by atoms with Crippen molar-refractivity contribution in [3.8, 4) is 0 Å². The van der Waals surface area contributed by atoms with Crippen molar-refractivity contribution in [1.82, 2.24) is 0 Å². The average molecular weight is 194 g/mol. The number of rotatable bonds is 4. The molecule has 1 aliphatic rings. The molecular weight excluding hydrogens is 180 g/mol. The van der Waals surface area contributed by atoms with Gasteiger partial charge in [-0.1, -0.05) is 6.92 Å². The lowest BCUT2D eigenvalue weighted by molar-refractivity contribution is 0.134. The van der Waals surface area contributed by atoms with Crippen molar-refractivity contribution < 1.29 is 18.6 Å². The van der Waals surface area contributed by atoms with Crippen LogP contribution in [0.5, 0.6) is 0 Å². The van der Waals surface area contributed by atoms with Gasteiger partial charge >= 0.3 is 0 Å². The van der Waals surface area contributed by atoms with Crippen LogP contribution in [0.1, 0.15) is 13.3 Å². The Morgan fingerprint density at radius 2 is 1.92 bits per heavy atom. The highest BCUT2D eigenvalue weighted by atomic mass is 32.2. The molecule has 1 rings (SSSR count). The number of hydrogen-bond donors (Lipinski definition) is 2. The van der Waals surface area contributed by atoms with E-state index in [-0.39, 0.29) is 19.0 Å². The zero-order valence-corrected chi connectivity index (χ0v) is 7.84. The zero-order chi connectivity index (χ0) is 9.41. The molecule has 1 saturated carbocycles. The van der Waals surface area contributed by atoms with Gasteiger partial charge in [0.05, 0.1) is 18.5 Å². The van der Waals surface area contributed by atoms with Gasteiger partial charge in [0.2, 0.25) is 0 Å². The smallest absolute Gasteiger partial charge is 0.153 e. The first-order valence-electron chi connectivity index (χ1n) is 3.95. The zero-order valence-electron chi connectivity index (χ0n) is 7.02. The predicted molar refractivity (Wildman–Crippen MR) is 44.5 cm³/mol. The molecule has 0 aromatic rings. The maximum Gasteiger partial charge on any atom is 0.153 e. The van der Waals surface area contributed by atoms with Crippen molar-refractivity contribution in [3.05, 3.63) is 0 Å². The molecule has 1 aliphatic carbocycles. The van der Waals surface area contributed by atoms with E-state index in [1.165, 1.54) is 0 Å². The maximum atomic E-state index is 11.3. The minimum Gasteiger partial charge on any atom is -0.396 e. The largest absolute Gasteiger partial charge is 0.396 e. The van der Waals surface area contributed by atoms with Crippen molar-refractivity contribution in [1.29, 1.82) is 0 Å². The average Bonchev–Trinajstić information content (AvgIpc) is 2.80. The van der Waals surface area contributed by atoms with Crippen molar-refractivity contribution in [2.75, 3.05) is 19.0 Å². The van der Waals surface area contributed by atoms with E-state index in [0.29, 0.717) is 6.42 Å². The highest BCUT2D eigenvalue weighted by Crippen LogP contribution is 2.50. The molecule has 0 radical (unpaired) electrons. The third-order valence-electron chi connectivity index (χ3n) is 2.58. The fourth-order valence-electron chi connectivity index (χ4n) is 1.40. The minimum atomic E-state index is -3.08. The van der Waals surface area contributed by atoms with Crippen LogP contribution in [-0.2, 0) is 9.84 Å². The van der Waals surface area contributed by atoms with Gasteiger partial charge < -0.3 is 10.2 Å². The molecule has 0 aromatic carbocycles. The predicted octanol–water partition coefficient (Wildman–Crippen LogP) is -0.836. The van der Waals surface area contributed by atoms with Crippen molar-refractivity contribution in [3.63, 3.8) is 0 Å². The van der Waals surface area contributed by atoms with Crippen LogP contribution in [0.25, 0.3) is 0 Å². The van der Waals surface area contributed by atoms with E-state index in [4.69, 9.17) is 10.2 Å². The van der Waals surface area contributed by atoms with Crippen molar-refractivity contribution >= 4 is 9.84 Å². The molecule has 12 heavy (non-hydrogen) atoms. The highest BCUT2D eigenvalue weighted by Gasteiger charge is 2.59. The summed E-state index contributed by atoms with van der Waals surface area (Å²) in [4.78, 5) is 0. The van der Waals surface area contributed by atoms with Crippen LogP contribution in [-0.4, -0.2) is 42.8 Å². The molecule has 0 unspecified atom stereocenters. The molecule has 5 heteroatoms. The Morgan fingerprint density at radius 1 is 1.42 bits per heavy atom. The monoisotopic (exact) mass is 194 g/mol. The molecule has 0 bridgehead atoms. The van der Waals surface area contributed by atoms with Gasteiger partial charge in [-0.15, -0.1) is 0 Å². The molecule has 0 saturated heterocycles. The minimum absolute atomic E-state index is 0.0828. The molecular formula is C7H14O4S. The van der Waals surface area contributed by atoms with Crippen LogP contribution >= 0.6 is 0 Å². The van der Waals surface area contributed by atoms with Crippen LogP contribution in [0.2, 0.25) is 0 Å². The van der Waals surface area contributed by atoms with E-state index in [1.54, 1.807) is 6.92 Å². The summed E-state index contributed by atoms with van der Waals surface area (Å²) in [6.07, 6.45) is 0.399. The van der Waals surface area contributed by atoms with E-state index in [2.05, 4.69) is 0 Å². The van der Waals surface area contributed by atoms with Crippen LogP contribution < -0.4 is 0 Å². The SMILES string of the molecule is CCS(=O)(=O)[C@@H]1CC1(CO)CO. The molecule has 0 heterocycles. The van der Waals surface area contributed by atoms with Gasteiger partial charge in [0.25, 0.3) is 0 Å². The van der Waals surface area contributed by atoms with Crippen LogP contribution in [0.4, 0.5) is 0 Å². The Labute approximate surface area is 72.1 Å². The van der Waals surface area contributed by atoms with Gasteiger partial charge in [-0.25, -0.2) is 8.42 Å². The number of aliphatic hydroxyl groups is 2. The molecule has 4 nitrogen and oxygen atoms in total. The van der Waals surface area contributed by atoms with Crippen LogP contribution in [0, 0.1) is 5.41 Å². The van der Waals surface area contributed by atoms with Gasteiger partial charge in [0, 0.05) is 11.2 Å². The third-order valence-corrected chi connectivity index (χ3v) is 4.92. The summed E-state index contributed by atoms with van der Waals surface area (Å²) in [5.41, 5.74) is -0.741. The molecule has 0 aliphatic heterocycles. The lowest BCUT2D eigenvalue weighted by Gasteiger charge is -2.09. The van der Waals surface area contributed by atoms with E-state index in [0.717, 1.165) is 0 Å². The van der Waals surface area contributed by atoms with Crippen molar-refractivity contribution in [2.45, 2.75) is 18.6 Å². The van der Waals surface area contributed by atoms with Gasteiger partial charge in [-0.2, -0.15) is 0 Å². The van der Waals surface area contributed by atoms with Crippen LogP contribution in [0.3, 0.4) is 0 Å². The summed E-state index contributed by atoms with van der Waals surface area (Å²) in [5, 5.41) is 17.2. The molecule has 1 atom stereocenters. The van der Waals surface area contributed by atoms with E-state index in [9.17, 15) is 8.42 Å². The summed E-state index contributed by atoms with van der Waals surface area (Å²) in [6.45, 7) is 1.09. The topological polar surface area (TPSA) is 74.6 Å². The molecule has 2 N–H and O–H groups in total. The molecule has 0 aromatic heterocycles. The van der Waals surface area contributed by atoms with Crippen molar-refractivity contribution in [2.24, 2.45) is 5.41 Å². The van der Waals surface area contributed by atoms with Crippen LogP contribution in [0.15, 0.2) is 0 Å².